The van der Waals surface area contributed by atoms with Gasteiger partial charge in [0.25, 0.3) is 0 Å². The molecule has 5 nitrogen and oxygen atoms in total. The van der Waals surface area contributed by atoms with Gasteiger partial charge >= 0.3 is 5.97 Å². The molecule has 0 radical (unpaired) electrons. The Kier molecular flexibility index (Phi) is 6.07. The van der Waals surface area contributed by atoms with Crippen molar-refractivity contribution in [2.75, 3.05) is 27.1 Å². The molecular weight excluding hydrogens is 212 g/mol. The van der Waals surface area contributed by atoms with E-state index in [-0.39, 0.29) is 25.0 Å². The number of ether oxygens (including phenoxy) is 4. The van der Waals surface area contributed by atoms with Crippen molar-refractivity contribution >= 4 is 5.97 Å². The van der Waals surface area contributed by atoms with Gasteiger partial charge in [0.15, 0.2) is 0 Å². The Bertz CT molecular complexity index is 239. The predicted octanol–water partition coefficient (Wildman–Crippen LogP) is 0.884. The van der Waals surface area contributed by atoms with E-state index in [2.05, 4.69) is 0 Å². The molecule has 2 atom stereocenters. The van der Waals surface area contributed by atoms with Gasteiger partial charge in [-0.3, -0.25) is 4.79 Å². The van der Waals surface area contributed by atoms with E-state index in [4.69, 9.17) is 18.9 Å². The Labute approximate surface area is 95.3 Å². The molecule has 16 heavy (non-hydrogen) atoms. The molecule has 0 aromatic heterocycles. The molecule has 0 amide bonds. The fourth-order valence-electron chi connectivity index (χ4n) is 1.39. The van der Waals surface area contributed by atoms with Crippen LogP contribution in [0.3, 0.4) is 0 Å². The fraction of sp³-hybridized carbons (Fsp3) is 0.727. The zero-order valence-corrected chi connectivity index (χ0v) is 9.68. The third-order valence-electron chi connectivity index (χ3n) is 2.12. The molecule has 0 N–H and O–H groups in total. The molecule has 0 saturated carbocycles. The van der Waals surface area contributed by atoms with Crippen LogP contribution in [0.5, 0.6) is 0 Å². The molecule has 0 bridgehead atoms. The molecule has 0 saturated heterocycles. The van der Waals surface area contributed by atoms with Gasteiger partial charge in [-0.05, 0) is 6.08 Å². The van der Waals surface area contributed by atoms with Gasteiger partial charge in [-0.2, -0.15) is 0 Å². The van der Waals surface area contributed by atoms with Crippen LogP contribution in [0.4, 0.5) is 0 Å². The molecule has 0 aromatic carbocycles. The molecule has 0 aliphatic heterocycles. The van der Waals surface area contributed by atoms with Crippen LogP contribution in [0.25, 0.3) is 0 Å². The topological polar surface area (TPSA) is 54.0 Å². The van der Waals surface area contributed by atoms with Crippen LogP contribution < -0.4 is 0 Å². The van der Waals surface area contributed by atoms with Crippen molar-refractivity contribution in [2.45, 2.75) is 25.6 Å². The number of carbonyl (C=O) groups is 1. The summed E-state index contributed by atoms with van der Waals surface area (Å²) in [5.41, 5.74) is 0. The number of hydrogen-bond acceptors (Lipinski definition) is 5. The zero-order chi connectivity index (χ0) is 11.8. The average Bonchev–Trinajstić information content (AvgIpc) is 2.64. The maximum Gasteiger partial charge on any atom is 0.303 e. The lowest BCUT2D eigenvalue weighted by molar-refractivity contribution is -0.145. The lowest BCUT2D eigenvalue weighted by Crippen LogP contribution is -2.18. The quantitative estimate of drug-likeness (QED) is 0.281. The van der Waals surface area contributed by atoms with Crippen LogP contribution in [0.2, 0.25) is 0 Å². The van der Waals surface area contributed by atoms with Gasteiger partial charge in [0.1, 0.15) is 12.9 Å². The van der Waals surface area contributed by atoms with Crippen LogP contribution in [0, 0.1) is 0 Å². The van der Waals surface area contributed by atoms with Crippen LogP contribution in [-0.2, 0) is 23.7 Å². The van der Waals surface area contributed by atoms with Crippen LogP contribution >= 0.6 is 0 Å². The Morgan fingerprint density at radius 2 is 2.06 bits per heavy atom. The fourth-order valence-corrected chi connectivity index (χ4v) is 1.39. The number of methoxy groups -OCH3 is 1. The first kappa shape index (κ1) is 13.2. The van der Waals surface area contributed by atoms with E-state index in [1.54, 1.807) is 7.11 Å². The summed E-state index contributed by atoms with van der Waals surface area (Å²) >= 11 is 0. The maximum absolute atomic E-state index is 10.7. The van der Waals surface area contributed by atoms with Crippen LogP contribution in [0.1, 0.15) is 13.3 Å². The monoisotopic (exact) mass is 230 g/mol. The Hall–Kier alpha value is -0.910. The van der Waals surface area contributed by atoms with Crippen molar-refractivity contribution in [3.05, 3.63) is 12.2 Å². The van der Waals surface area contributed by atoms with Crippen LogP contribution in [0.15, 0.2) is 12.2 Å². The van der Waals surface area contributed by atoms with E-state index in [9.17, 15) is 4.79 Å². The van der Waals surface area contributed by atoms with E-state index >= 15 is 0 Å². The highest BCUT2D eigenvalue weighted by atomic mass is 16.7. The average molecular weight is 230 g/mol. The first-order valence-corrected chi connectivity index (χ1v) is 5.26. The first-order chi connectivity index (χ1) is 7.72. The lowest BCUT2D eigenvalue weighted by atomic mass is 10.3. The lowest BCUT2D eigenvalue weighted by Gasteiger charge is -2.13. The van der Waals surface area contributed by atoms with E-state index in [1.807, 2.05) is 12.2 Å². The van der Waals surface area contributed by atoms with Gasteiger partial charge in [0.2, 0.25) is 0 Å². The Balaban J connectivity index is 2.04. The zero-order valence-electron chi connectivity index (χ0n) is 9.68. The highest BCUT2D eigenvalue weighted by Crippen LogP contribution is 2.17. The summed E-state index contributed by atoms with van der Waals surface area (Å²) in [5.74, 6) is -0.272. The van der Waals surface area contributed by atoms with Crippen molar-refractivity contribution in [3.8, 4) is 0 Å². The number of carbonyl (C=O) groups excluding carboxylic acids is 1. The minimum atomic E-state index is -0.272. The molecule has 0 aromatic rings. The molecule has 1 aliphatic carbocycles. The summed E-state index contributed by atoms with van der Waals surface area (Å²) in [6, 6.07) is 0. The van der Waals surface area contributed by atoms with Crippen molar-refractivity contribution in [3.63, 3.8) is 0 Å². The first-order valence-electron chi connectivity index (χ1n) is 5.26. The second kappa shape index (κ2) is 7.38. The largest absolute Gasteiger partial charge is 0.458 e. The van der Waals surface area contributed by atoms with Crippen LogP contribution in [-0.4, -0.2) is 45.3 Å². The summed E-state index contributed by atoms with van der Waals surface area (Å²) in [4.78, 5) is 10.7. The van der Waals surface area contributed by atoms with Gasteiger partial charge < -0.3 is 18.9 Å². The molecule has 0 heterocycles. The minimum absolute atomic E-state index is 0.0353. The smallest absolute Gasteiger partial charge is 0.303 e. The van der Waals surface area contributed by atoms with E-state index in [0.29, 0.717) is 19.6 Å². The Morgan fingerprint density at radius 1 is 1.31 bits per heavy atom. The van der Waals surface area contributed by atoms with Gasteiger partial charge in [-0.1, -0.05) is 6.08 Å². The van der Waals surface area contributed by atoms with Gasteiger partial charge in [-0.15, -0.1) is 0 Å². The normalized spacial score (nSPS) is 23.6. The SMILES string of the molecule is COCCOCOC1C=CC(OC(C)=O)C1. The summed E-state index contributed by atoms with van der Waals surface area (Å²) in [5, 5.41) is 0. The Morgan fingerprint density at radius 3 is 2.75 bits per heavy atom. The second-order valence-electron chi connectivity index (χ2n) is 3.49. The standard InChI is InChI=1S/C11H18O5/c1-9(12)16-11-4-3-10(7-11)15-8-14-6-5-13-2/h3-4,10-11H,5-8H2,1-2H3. The van der Waals surface area contributed by atoms with Gasteiger partial charge in [0, 0.05) is 20.5 Å². The van der Waals surface area contributed by atoms with E-state index in [1.165, 1.54) is 6.92 Å². The predicted molar refractivity (Wildman–Crippen MR) is 56.9 cm³/mol. The third-order valence-corrected chi connectivity index (χ3v) is 2.12. The molecule has 0 fully saturated rings. The molecular formula is C11H18O5. The molecule has 0 spiro atoms. The third kappa shape index (κ3) is 5.25. The molecule has 2 unspecified atom stereocenters. The maximum atomic E-state index is 10.7. The highest BCUT2D eigenvalue weighted by Gasteiger charge is 2.21. The van der Waals surface area contributed by atoms with Crippen molar-refractivity contribution in [1.29, 1.82) is 0 Å². The number of esters is 1. The highest BCUT2D eigenvalue weighted by molar-refractivity contribution is 5.66. The second-order valence-corrected chi connectivity index (χ2v) is 3.49. The van der Waals surface area contributed by atoms with Gasteiger partial charge in [0.05, 0.1) is 19.3 Å². The van der Waals surface area contributed by atoms with E-state index < -0.39 is 0 Å². The number of hydrogen-bond donors (Lipinski definition) is 0. The minimum Gasteiger partial charge on any atom is -0.458 e. The van der Waals surface area contributed by atoms with Gasteiger partial charge in [-0.25, -0.2) is 0 Å². The molecule has 92 valence electrons. The van der Waals surface area contributed by atoms with Crippen molar-refractivity contribution in [1.82, 2.24) is 0 Å². The molecule has 5 heteroatoms. The van der Waals surface area contributed by atoms with Crippen molar-refractivity contribution in [2.24, 2.45) is 0 Å². The summed E-state index contributed by atoms with van der Waals surface area (Å²) in [6.45, 7) is 2.70. The summed E-state index contributed by atoms with van der Waals surface area (Å²) in [6.07, 6.45) is 4.18. The summed E-state index contributed by atoms with van der Waals surface area (Å²) < 4.78 is 20.4. The van der Waals surface area contributed by atoms with E-state index in [0.717, 1.165) is 0 Å². The summed E-state index contributed by atoms with van der Waals surface area (Å²) in [7, 11) is 1.62. The molecule has 1 rings (SSSR count). The number of rotatable bonds is 7. The molecule has 1 aliphatic rings. The van der Waals surface area contributed by atoms with Crippen molar-refractivity contribution < 1.29 is 23.7 Å².